The average molecular weight is 663 g/mol. The molecule has 0 saturated carbocycles. The first-order valence-corrected chi connectivity index (χ1v) is 17.7. The molecular formula is C49H30N2O. The topological polar surface area (TPSA) is 26.4 Å². The monoisotopic (exact) mass is 662 g/mol. The zero-order valence-corrected chi connectivity index (χ0v) is 28.1. The summed E-state index contributed by atoms with van der Waals surface area (Å²) in [6, 6.07) is 64.6. The largest absolute Gasteiger partial charge is 0.309 e. The molecular weight excluding hydrogens is 633 g/mol. The van der Waals surface area contributed by atoms with Crippen molar-refractivity contribution in [3.8, 4) is 39.1 Å². The van der Waals surface area contributed by atoms with Crippen molar-refractivity contribution in [2.75, 3.05) is 0 Å². The number of rotatable bonds is 4. The number of fused-ring (bicyclic) bond motifs is 8. The summed E-state index contributed by atoms with van der Waals surface area (Å²) in [6.07, 6.45) is 0. The number of pyridine rings is 1. The number of aromatic nitrogens is 2. The molecule has 11 aromatic rings. The van der Waals surface area contributed by atoms with E-state index in [1.54, 1.807) is 0 Å². The average Bonchev–Trinajstić information content (AvgIpc) is 3.73. The molecule has 0 fully saturated rings. The SMILES string of the molecule is O=c1c2ccccc2c2cccc3c4cc(-c5cccc(-c6cccc(-c7cccc(-n8c9ccccc9c9ccccc98)c7)c6)c5)ccc4n1c23. The predicted molar refractivity (Wildman–Crippen MR) is 218 cm³/mol. The molecule has 0 N–H and O–H groups in total. The van der Waals surface area contributed by atoms with E-state index in [-0.39, 0.29) is 5.56 Å². The van der Waals surface area contributed by atoms with Gasteiger partial charge >= 0.3 is 0 Å². The molecule has 0 amide bonds. The Kier molecular flexibility index (Phi) is 6.11. The summed E-state index contributed by atoms with van der Waals surface area (Å²) in [4.78, 5) is 13.8. The van der Waals surface area contributed by atoms with Gasteiger partial charge in [0.05, 0.1) is 22.1 Å². The van der Waals surface area contributed by atoms with Crippen LogP contribution in [-0.4, -0.2) is 8.97 Å². The highest BCUT2D eigenvalue weighted by Crippen LogP contribution is 2.38. The summed E-state index contributed by atoms with van der Waals surface area (Å²) >= 11 is 0. The third kappa shape index (κ3) is 4.17. The fourth-order valence-corrected chi connectivity index (χ4v) is 8.48. The first kappa shape index (κ1) is 28.8. The maximum absolute atomic E-state index is 13.8. The van der Waals surface area contributed by atoms with Crippen molar-refractivity contribution in [1.82, 2.24) is 8.97 Å². The molecule has 0 radical (unpaired) electrons. The summed E-state index contributed by atoms with van der Waals surface area (Å²) in [5.74, 6) is 0. The Balaban J connectivity index is 1.00. The van der Waals surface area contributed by atoms with E-state index in [1.807, 2.05) is 22.6 Å². The molecule has 0 spiro atoms. The van der Waals surface area contributed by atoms with Crippen LogP contribution in [0.5, 0.6) is 0 Å². The maximum Gasteiger partial charge on any atom is 0.263 e. The Labute approximate surface area is 299 Å². The van der Waals surface area contributed by atoms with Crippen molar-refractivity contribution in [1.29, 1.82) is 0 Å². The lowest BCUT2D eigenvalue weighted by molar-refractivity contribution is 1.18. The normalized spacial score (nSPS) is 11.9. The van der Waals surface area contributed by atoms with Crippen LogP contribution in [0.25, 0.3) is 98.8 Å². The van der Waals surface area contributed by atoms with Crippen molar-refractivity contribution < 1.29 is 0 Å². The second kappa shape index (κ2) is 11.0. The smallest absolute Gasteiger partial charge is 0.263 e. The molecule has 0 unspecified atom stereocenters. The number of benzene rings is 8. The molecule has 11 rings (SSSR count). The van der Waals surface area contributed by atoms with E-state index < -0.39 is 0 Å². The van der Waals surface area contributed by atoms with Crippen LogP contribution >= 0.6 is 0 Å². The zero-order chi connectivity index (χ0) is 34.3. The van der Waals surface area contributed by atoms with Crippen LogP contribution in [-0.2, 0) is 0 Å². The lowest BCUT2D eigenvalue weighted by atomic mass is 9.95. The van der Waals surface area contributed by atoms with Crippen LogP contribution in [0.1, 0.15) is 0 Å². The third-order valence-electron chi connectivity index (χ3n) is 10.8. The number of para-hydroxylation sites is 3. The molecule has 0 bridgehead atoms. The number of hydrogen-bond acceptors (Lipinski definition) is 1. The van der Waals surface area contributed by atoms with Crippen LogP contribution in [0.4, 0.5) is 0 Å². The minimum absolute atomic E-state index is 0.0320. The quantitative estimate of drug-likeness (QED) is 0.172. The van der Waals surface area contributed by atoms with Crippen molar-refractivity contribution >= 4 is 59.8 Å². The molecule has 3 nitrogen and oxygen atoms in total. The molecule has 0 saturated heterocycles. The number of nitrogens with zero attached hydrogens (tertiary/aromatic N) is 2. The van der Waals surface area contributed by atoms with Crippen LogP contribution in [0.15, 0.2) is 187 Å². The van der Waals surface area contributed by atoms with Gasteiger partial charge in [0, 0.05) is 38.0 Å². The predicted octanol–water partition coefficient (Wildman–Crippen LogP) is 12.3. The highest BCUT2D eigenvalue weighted by Gasteiger charge is 2.18. The standard InChI is InChI=1S/C49H30N2O/c52-49-43-20-2-1-17-38(43)41-21-10-22-42-44-30-36(25-26-47(44)51(49)48(41)42)34-14-8-12-32(28-34)31-11-7-13-33(27-31)35-15-9-16-37(29-35)50-45-23-5-3-18-39(45)40-19-4-6-24-46(40)50/h1-30H. The van der Waals surface area contributed by atoms with Gasteiger partial charge in [0.2, 0.25) is 0 Å². The summed E-state index contributed by atoms with van der Waals surface area (Å²) in [7, 11) is 0. The van der Waals surface area contributed by atoms with E-state index in [1.165, 1.54) is 32.9 Å². The molecule has 0 aliphatic carbocycles. The van der Waals surface area contributed by atoms with E-state index in [0.717, 1.165) is 65.9 Å². The maximum atomic E-state index is 13.8. The van der Waals surface area contributed by atoms with E-state index >= 15 is 0 Å². The zero-order valence-electron chi connectivity index (χ0n) is 28.1. The van der Waals surface area contributed by atoms with Gasteiger partial charge < -0.3 is 4.57 Å². The van der Waals surface area contributed by atoms with Gasteiger partial charge in [0.15, 0.2) is 0 Å². The van der Waals surface area contributed by atoms with Crippen molar-refractivity contribution in [2.24, 2.45) is 0 Å². The van der Waals surface area contributed by atoms with Gasteiger partial charge in [0.25, 0.3) is 5.56 Å². The minimum Gasteiger partial charge on any atom is -0.309 e. The molecule has 0 aliphatic rings. The second-order valence-electron chi connectivity index (χ2n) is 13.7. The van der Waals surface area contributed by atoms with Gasteiger partial charge in [-0.1, -0.05) is 127 Å². The van der Waals surface area contributed by atoms with Gasteiger partial charge in [-0.3, -0.25) is 9.20 Å². The summed E-state index contributed by atoms with van der Waals surface area (Å²) in [5, 5.41) is 7.57. The fraction of sp³-hybridized carbons (Fsp3) is 0. The van der Waals surface area contributed by atoms with Crippen LogP contribution in [0.3, 0.4) is 0 Å². The van der Waals surface area contributed by atoms with E-state index in [4.69, 9.17) is 0 Å². The van der Waals surface area contributed by atoms with Crippen molar-refractivity contribution in [3.05, 3.63) is 192 Å². The molecule has 3 heteroatoms. The van der Waals surface area contributed by atoms with Gasteiger partial charge in [-0.05, 0) is 93.4 Å². The lowest BCUT2D eigenvalue weighted by Crippen LogP contribution is -2.12. The molecule has 8 aromatic carbocycles. The fourth-order valence-electron chi connectivity index (χ4n) is 8.48. The Bertz CT molecular complexity index is 3220. The van der Waals surface area contributed by atoms with Gasteiger partial charge in [-0.2, -0.15) is 0 Å². The highest BCUT2D eigenvalue weighted by atomic mass is 16.1. The van der Waals surface area contributed by atoms with Gasteiger partial charge in [-0.15, -0.1) is 0 Å². The summed E-state index contributed by atoms with van der Waals surface area (Å²) < 4.78 is 4.28. The van der Waals surface area contributed by atoms with Crippen LogP contribution in [0, 0.1) is 0 Å². The molecule has 3 aromatic heterocycles. The Morgan fingerprint density at radius 2 is 0.769 bits per heavy atom. The van der Waals surface area contributed by atoms with Crippen LogP contribution < -0.4 is 5.56 Å². The first-order valence-electron chi connectivity index (χ1n) is 17.7. The number of hydrogen-bond donors (Lipinski definition) is 0. The van der Waals surface area contributed by atoms with E-state index in [0.29, 0.717) is 0 Å². The Morgan fingerprint density at radius 1 is 0.308 bits per heavy atom. The van der Waals surface area contributed by atoms with E-state index in [9.17, 15) is 4.79 Å². The van der Waals surface area contributed by atoms with Gasteiger partial charge in [0.1, 0.15) is 0 Å². The molecule has 3 heterocycles. The van der Waals surface area contributed by atoms with Gasteiger partial charge in [-0.25, -0.2) is 0 Å². The summed E-state index contributed by atoms with van der Waals surface area (Å²) in [5.41, 5.74) is 12.5. The van der Waals surface area contributed by atoms with Crippen LogP contribution in [0.2, 0.25) is 0 Å². The first-order chi connectivity index (χ1) is 25.7. The van der Waals surface area contributed by atoms with Crippen molar-refractivity contribution in [3.63, 3.8) is 0 Å². The second-order valence-corrected chi connectivity index (χ2v) is 13.7. The van der Waals surface area contributed by atoms with Crippen molar-refractivity contribution in [2.45, 2.75) is 0 Å². The molecule has 0 atom stereocenters. The molecule has 0 aliphatic heterocycles. The molecule has 242 valence electrons. The third-order valence-corrected chi connectivity index (χ3v) is 10.8. The lowest BCUT2D eigenvalue weighted by Gasteiger charge is -2.12. The Hall–Kier alpha value is -6.97. The Morgan fingerprint density at radius 3 is 1.40 bits per heavy atom. The summed E-state index contributed by atoms with van der Waals surface area (Å²) in [6.45, 7) is 0. The highest BCUT2D eigenvalue weighted by molar-refractivity contribution is 6.20. The minimum atomic E-state index is 0.0320. The molecule has 52 heavy (non-hydrogen) atoms. The van der Waals surface area contributed by atoms with E-state index in [2.05, 4.69) is 168 Å².